The van der Waals surface area contributed by atoms with Gasteiger partial charge in [0.1, 0.15) is 23.0 Å². The molecule has 0 aromatic heterocycles. The third kappa shape index (κ3) is 5.44. The molecular formula is C24H22BrNO5S. The van der Waals surface area contributed by atoms with Gasteiger partial charge in [0.15, 0.2) is 11.5 Å². The first kappa shape index (κ1) is 23.7. The molecular weight excluding hydrogens is 494 g/mol. The monoisotopic (exact) mass is 515 g/mol. The van der Waals surface area contributed by atoms with Crippen molar-refractivity contribution in [2.45, 2.75) is 6.92 Å². The van der Waals surface area contributed by atoms with Crippen LogP contribution < -0.4 is 9.47 Å². The van der Waals surface area contributed by atoms with E-state index >= 15 is 0 Å². The number of para-hydroxylation sites is 1. The van der Waals surface area contributed by atoms with Crippen molar-refractivity contribution in [3.63, 3.8) is 0 Å². The number of aliphatic hydroxyl groups excluding tert-OH is 1. The van der Waals surface area contributed by atoms with E-state index in [9.17, 15) is 9.90 Å². The average Bonchev–Trinajstić information content (AvgIpc) is 3.08. The summed E-state index contributed by atoms with van der Waals surface area (Å²) >= 11 is 4.69. The minimum absolute atomic E-state index is 0.0453. The number of carbonyl (C=O) groups is 1. The van der Waals surface area contributed by atoms with Crippen LogP contribution in [0.4, 0.5) is 5.69 Å². The van der Waals surface area contributed by atoms with Crippen molar-refractivity contribution in [2.24, 2.45) is 4.99 Å². The highest BCUT2D eigenvalue weighted by atomic mass is 79.9. The van der Waals surface area contributed by atoms with Gasteiger partial charge in [0, 0.05) is 0 Å². The molecule has 166 valence electrons. The quantitative estimate of drug-likeness (QED) is 0.332. The molecule has 0 amide bonds. The van der Waals surface area contributed by atoms with E-state index < -0.39 is 5.97 Å². The maximum atomic E-state index is 12.5. The molecule has 1 aliphatic heterocycles. The van der Waals surface area contributed by atoms with Gasteiger partial charge in [0.25, 0.3) is 0 Å². The zero-order valence-electron chi connectivity index (χ0n) is 17.6. The molecule has 2 aromatic rings. The Labute approximate surface area is 199 Å². The van der Waals surface area contributed by atoms with Crippen LogP contribution in [-0.4, -0.2) is 36.4 Å². The molecule has 0 saturated carbocycles. The standard InChI is InChI=1S/C24H22BrNO5S/c1-4-11-31-22-17(25)12-15(13-18(22)29-3)14-19-21(27)20(24(28)30-5-2)23(32-19)26-16-9-7-6-8-10-16/h4,6-10,12-14,27H,1,5,11H2,2-3H3/b19-14-,26-23?. The summed E-state index contributed by atoms with van der Waals surface area (Å²) in [6.07, 6.45) is 3.39. The van der Waals surface area contributed by atoms with Crippen molar-refractivity contribution in [3.05, 3.63) is 81.4 Å². The number of esters is 1. The number of methoxy groups -OCH3 is 1. The van der Waals surface area contributed by atoms with Gasteiger partial charge < -0.3 is 19.3 Å². The molecule has 32 heavy (non-hydrogen) atoms. The highest BCUT2D eigenvalue weighted by Crippen LogP contribution is 2.42. The lowest BCUT2D eigenvalue weighted by Crippen LogP contribution is -2.12. The van der Waals surface area contributed by atoms with Crippen LogP contribution in [0.2, 0.25) is 0 Å². The maximum absolute atomic E-state index is 12.5. The van der Waals surface area contributed by atoms with Crippen LogP contribution in [-0.2, 0) is 9.53 Å². The fourth-order valence-corrected chi connectivity index (χ4v) is 4.48. The molecule has 0 atom stereocenters. The van der Waals surface area contributed by atoms with E-state index in [0.29, 0.717) is 38.2 Å². The summed E-state index contributed by atoms with van der Waals surface area (Å²) in [4.78, 5) is 17.6. The third-order valence-corrected chi connectivity index (χ3v) is 5.86. The summed E-state index contributed by atoms with van der Waals surface area (Å²) in [6, 6.07) is 12.8. The summed E-state index contributed by atoms with van der Waals surface area (Å²) in [5.41, 5.74) is 1.45. The molecule has 0 spiro atoms. The summed E-state index contributed by atoms with van der Waals surface area (Å²) in [6.45, 7) is 5.88. The Bertz CT molecular complexity index is 1110. The number of carbonyl (C=O) groups excluding carboxylic acids is 1. The highest BCUT2D eigenvalue weighted by Gasteiger charge is 2.33. The minimum atomic E-state index is -0.623. The Morgan fingerprint density at radius 2 is 2.03 bits per heavy atom. The van der Waals surface area contributed by atoms with Gasteiger partial charge in [-0.3, -0.25) is 0 Å². The van der Waals surface area contributed by atoms with Crippen molar-refractivity contribution < 1.29 is 24.1 Å². The van der Waals surface area contributed by atoms with E-state index in [4.69, 9.17) is 14.2 Å². The van der Waals surface area contributed by atoms with Crippen molar-refractivity contribution in [2.75, 3.05) is 20.3 Å². The number of hydrogen-bond donors (Lipinski definition) is 1. The van der Waals surface area contributed by atoms with Gasteiger partial charge in [-0.15, -0.1) is 0 Å². The molecule has 1 aliphatic rings. The van der Waals surface area contributed by atoms with E-state index in [-0.39, 0.29) is 17.9 Å². The Kier molecular flexibility index (Phi) is 8.19. The number of halogens is 1. The lowest BCUT2D eigenvalue weighted by Gasteiger charge is -2.12. The van der Waals surface area contributed by atoms with Crippen LogP contribution in [0.3, 0.4) is 0 Å². The summed E-state index contributed by atoms with van der Waals surface area (Å²) in [5.74, 6) is 0.267. The van der Waals surface area contributed by atoms with Crippen LogP contribution in [0, 0.1) is 0 Å². The van der Waals surface area contributed by atoms with Crippen molar-refractivity contribution in [1.82, 2.24) is 0 Å². The zero-order chi connectivity index (χ0) is 23.1. The number of nitrogens with zero attached hydrogens (tertiary/aromatic N) is 1. The number of benzene rings is 2. The van der Waals surface area contributed by atoms with Gasteiger partial charge in [0.2, 0.25) is 0 Å². The summed E-state index contributed by atoms with van der Waals surface area (Å²) in [5, 5.41) is 11.2. The Morgan fingerprint density at radius 1 is 1.28 bits per heavy atom. The molecule has 2 aromatic carbocycles. The van der Waals surface area contributed by atoms with Gasteiger partial charge >= 0.3 is 5.97 Å². The second kappa shape index (κ2) is 11.1. The van der Waals surface area contributed by atoms with E-state index in [1.54, 1.807) is 32.3 Å². The molecule has 0 bridgehead atoms. The van der Waals surface area contributed by atoms with E-state index in [2.05, 4.69) is 27.5 Å². The first-order valence-corrected chi connectivity index (χ1v) is 11.3. The zero-order valence-corrected chi connectivity index (χ0v) is 20.0. The summed E-state index contributed by atoms with van der Waals surface area (Å²) in [7, 11) is 1.55. The second-order valence-electron chi connectivity index (χ2n) is 6.44. The van der Waals surface area contributed by atoms with E-state index in [1.165, 1.54) is 11.8 Å². The second-order valence-corrected chi connectivity index (χ2v) is 8.33. The first-order chi connectivity index (χ1) is 15.5. The predicted molar refractivity (Wildman–Crippen MR) is 132 cm³/mol. The predicted octanol–water partition coefficient (Wildman–Crippen LogP) is 6.22. The molecule has 3 rings (SSSR count). The highest BCUT2D eigenvalue weighted by molar-refractivity contribution is 9.10. The van der Waals surface area contributed by atoms with Gasteiger partial charge in [0.05, 0.1) is 28.8 Å². The lowest BCUT2D eigenvalue weighted by atomic mass is 10.1. The van der Waals surface area contributed by atoms with Gasteiger partial charge in [-0.1, -0.05) is 42.6 Å². The van der Waals surface area contributed by atoms with Crippen molar-refractivity contribution >= 4 is 50.5 Å². The lowest BCUT2D eigenvalue weighted by molar-refractivity contribution is -0.138. The first-order valence-electron chi connectivity index (χ1n) is 9.74. The third-order valence-electron chi connectivity index (χ3n) is 4.25. The average molecular weight is 516 g/mol. The molecule has 6 nitrogen and oxygen atoms in total. The van der Waals surface area contributed by atoms with Crippen molar-refractivity contribution in [3.8, 4) is 11.5 Å². The SMILES string of the molecule is C=CCOc1c(Br)cc(/C=C2\SC(=Nc3ccccc3)C(C(=O)OCC)=C2O)cc1OC. The fourth-order valence-electron chi connectivity index (χ4n) is 2.87. The number of aliphatic imine (C=N–C) groups is 1. The molecule has 1 heterocycles. The van der Waals surface area contributed by atoms with Gasteiger partial charge in [-0.2, -0.15) is 0 Å². The van der Waals surface area contributed by atoms with E-state index in [1.807, 2.05) is 36.4 Å². The molecule has 0 radical (unpaired) electrons. The van der Waals surface area contributed by atoms with Gasteiger partial charge in [-0.05, 0) is 58.8 Å². The van der Waals surface area contributed by atoms with Crippen LogP contribution in [0.15, 0.2) is 80.8 Å². The Hall–Kier alpha value is -2.97. The topological polar surface area (TPSA) is 77.4 Å². The molecule has 0 saturated heterocycles. The minimum Gasteiger partial charge on any atom is -0.506 e. The molecule has 0 aliphatic carbocycles. The molecule has 0 unspecified atom stereocenters. The van der Waals surface area contributed by atoms with E-state index in [0.717, 1.165) is 5.56 Å². The number of thioether (sulfide) groups is 1. The van der Waals surface area contributed by atoms with Crippen molar-refractivity contribution in [1.29, 1.82) is 0 Å². The Morgan fingerprint density at radius 3 is 2.69 bits per heavy atom. The number of ether oxygens (including phenoxy) is 3. The fraction of sp³-hybridized carbons (Fsp3) is 0.167. The molecule has 0 fully saturated rings. The summed E-state index contributed by atoms with van der Waals surface area (Å²) < 4.78 is 16.9. The van der Waals surface area contributed by atoms with Crippen LogP contribution in [0.25, 0.3) is 6.08 Å². The number of aliphatic hydroxyl groups is 1. The maximum Gasteiger partial charge on any atom is 0.344 e. The Balaban J connectivity index is 2.04. The molecule has 8 heteroatoms. The van der Waals surface area contributed by atoms with Gasteiger partial charge in [-0.25, -0.2) is 9.79 Å². The smallest absolute Gasteiger partial charge is 0.344 e. The number of hydrogen-bond acceptors (Lipinski definition) is 7. The van der Waals surface area contributed by atoms with Crippen LogP contribution in [0.5, 0.6) is 11.5 Å². The normalized spacial score (nSPS) is 15.8. The molecule has 1 N–H and O–H groups in total. The van der Waals surface area contributed by atoms with Crippen LogP contribution >= 0.6 is 27.7 Å². The largest absolute Gasteiger partial charge is 0.506 e. The number of rotatable bonds is 8. The van der Waals surface area contributed by atoms with Crippen LogP contribution in [0.1, 0.15) is 12.5 Å².